The molecule has 4 heteroatoms. The lowest BCUT2D eigenvalue weighted by atomic mass is 9.99. The number of nitrogens with zero attached hydrogens (tertiary/aromatic N) is 3. The van der Waals surface area contributed by atoms with E-state index in [1.54, 1.807) is 0 Å². The Morgan fingerprint density at radius 1 is 1.10 bits per heavy atom. The summed E-state index contributed by atoms with van der Waals surface area (Å²) in [7, 11) is 0. The number of nitrogens with one attached hydrogen (secondary N) is 1. The molecule has 1 N–H and O–H groups in total. The number of aryl methyl sites for hydroxylation is 1. The van der Waals surface area contributed by atoms with E-state index in [0.29, 0.717) is 5.95 Å². The van der Waals surface area contributed by atoms with E-state index < -0.39 is 0 Å². The maximum atomic E-state index is 4.68. The smallest absolute Gasteiger partial charge is 0.229 e. The van der Waals surface area contributed by atoms with Crippen molar-refractivity contribution in [2.45, 2.75) is 26.7 Å². The van der Waals surface area contributed by atoms with Crippen LogP contribution in [0.1, 0.15) is 25.5 Å². The molecule has 4 nitrogen and oxygen atoms in total. The van der Waals surface area contributed by atoms with Gasteiger partial charge in [0.15, 0.2) is 0 Å². The lowest BCUT2D eigenvalue weighted by molar-refractivity contribution is 0.436. The van der Waals surface area contributed by atoms with E-state index in [2.05, 4.69) is 33.2 Å². The molecule has 21 heavy (non-hydrogen) atoms. The summed E-state index contributed by atoms with van der Waals surface area (Å²) in [5.74, 6) is 2.54. The van der Waals surface area contributed by atoms with Crippen LogP contribution in [-0.4, -0.2) is 23.1 Å². The Morgan fingerprint density at radius 3 is 2.52 bits per heavy atom. The van der Waals surface area contributed by atoms with E-state index in [4.69, 9.17) is 0 Å². The summed E-state index contributed by atoms with van der Waals surface area (Å²) in [5, 5.41) is 3.28. The minimum absolute atomic E-state index is 0.676. The average Bonchev–Trinajstić information content (AvgIpc) is 2.48. The first-order valence-corrected chi connectivity index (χ1v) is 7.63. The van der Waals surface area contributed by atoms with E-state index in [0.717, 1.165) is 36.2 Å². The van der Waals surface area contributed by atoms with Gasteiger partial charge in [-0.25, -0.2) is 4.98 Å². The molecule has 3 rings (SSSR count). The van der Waals surface area contributed by atoms with Gasteiger partial charge in [-0.15, -0.1) is 0 Å². The summed E-state index contributed by atoms with van der Waals surface area (Å²) in [6.45, 7) is 6.52. The van der Waals surface area contributed by atoms with Crippen molar-refractivity contribution in [1.29, 1.82) is 0 Å². The average molecular weight is 282 g/mol. The number of aromatic nitrogens is 2. The quantitative estimate of drug-likeness (QED) is 0.930. The molecule has 0 unspecified atom stereocenters. The zero-order valence-electron chi connectivity index (χ0n) is 12.7. The van der Waals surface area contributed by atoms with Crippen molar-refractivity contribution >= 4 is 17.5 Å². The molecule has 110 valence electrons. The number of anilines is 3. The van der Waals surface area contributed by atoms with Gasteiger partial charge in [-0.05, 0) is 37.8 Å². The van der Waals surface area contributed by atoms with Gasteiger partial charge in [0.2, 0.25) is 5.95 Å². The highest BCUT2D eigenvalue weighted by Gasteiger charge is 2.17. The standard InChI is InChI=1S/C17H22N4/c1-13-8-10-21(11-9-13)16-12-14(2)18-17(20-16)19-15-6-4-3-5-7-15/h3-7,12-13H,8-11H2,1-2H3,(H,18,19,20). The van der Waals surface area contributed by atoms with Gasteiger partial charge in [-0.1, -0.05) is 25.1 Å². The maximum absolute atomic E-state index is 4.68. The lowest BCUT2D eigenvalue weighted by Gasteiger charge is -2.31. The fraction of sp³-hybridized carbons (Fsp3) is 0.412. The van der Waals surface area contributed by atoms with Crippen LogP contribution in [0.3, 0.4) is 0 Å². The Labute approximate surface area is 126 Å². The van der Waals surface area contributed by atoms with Crippen LogP contribution in [0.4, 0.5) is 17.5 Å². The number of para-hydroxylation sites is 1. The Hall–Kier alpha value is -2.10. The van der Waals surface area contributed by atoms with Gasteiger partial charge in [0.1, 0.15) is 5.82 Å². The van der Waals surface area contributed by atoms with E-state index in [1.165, 1.54) is 12.8 Å². The van der Waals surface area contributed by atoms with Crippen molar-refractivity contribution in [3.05, 3.63) is 42.1 Å². The van der Waals surface area contributed by atoms with Gasteiger partial charge in [-0.3, -0.25) is 0 Å². The molecule has 1 aromatic heterocycles. The predicted molar refractivity (Wildman–Crippen MR) is 87.1 cm³/mol. The highest BCUT2D eigenvalue weighted by molar-refractivity contribution is 5.55. The first-order chi connectivity index (χ1) is 10.2. The molecule has 1 saturated heterocycles. The molecule has 0 bridgehead atoms. The molecule has 1 aliphatic rings. The van der Waals surface area contributed by atoms with Crippen LogP contribution in [0, 0.1) is 12.8 Å². The molecular weight excluding hydrogens is 260 g/mol. The van der Waals surface area contributed by atoms with Gasteiger partial charge in [-0.2, -0.15) is 4.98 Å². The summed E-state index contributed by atoms with van der Waals surface area (Å²) in [4.78, 5) is 11.5. The van der Waals surface area contributed by atoms with Crippen LogP contribution in [0.15, 0.2) is 36.4 Å². The molecular formula is C17H22N4. The second-order valence-corrected chi connectivity index (χ2v) is 5.85. The normalized spacial score (nSPS) is 16.0. The van der Waals surface area contributed by atoms with Crippen LogP contribution in [0.5, 0.6) is 0 Å². The van der Waals surface area contributed by atoms with Crippen LogP contribution in [0.2, 0.25) is 0 Å². The molecule has 0 saturated carbocycles. The van der Waals surface area contributed by atoms with Crippen molar-refractivity contribution in [2.75, 3.05) is 23.3 Å². The van der Waals surface area contributed by atoms with Gasteiger partial charge in [0.05, 0.1) is 0 Å². The Balaban J connectivity index is 1.79. The number of hydrogen-bond donors (Lipinski definition) is 1. The zero-order chi connectivity index (χ0) is 14.7. The number of rotatable bonds is 3. The van der Waals surface area contributed by atoms with E-state index >= 15 is 0 Å². The molecule has 0 aliphatic carbocycles. The largest absolute Gasteiger partial charge is 0.356 e. The molecule has 0 atom stereocenters. The monoisotopic (exact) mass is 282 g/mol. The molecule has 0 spiro atoms. The van der Waals surface area contributed by atoms with Crippen molar-refractivity contribution in [3.8, 4) is 0 Å². The minimum Gasteiger partial charge on any atom is -0.356 e. The van der Waals surface area contributed by atoms with Crippen LogP contribution in [0.25, 0.3) is 0 Å². The SMILES string of the molecule is Cc1cc(N2CCC(C)CC2)nc(Nc2ccccc2)n1. The summed E-state index contributed by atoms with van der Waals surface area (Å²) < 4.78 is 0. The summed E-state index contributed by atoms with van der Waals surface area (Å²) in [6.07, 6.45) is 2.48. The minimum atomic E-state index is 0.676. The third kappa shape index (κ3) is 3.51. The number of hydrogen-bond acceptors (Lipinski definition) is 4. The van der Waals surface area contributed by atoms with Crippen LogP contribution < -0.4 is 10.2 Å². The first kappa shape index (κ1) is 13.9. The van der Waals surface area contributed by atoms with E-state index in [1.807, 2.05) is 37.3 Å². The summed E-state index contributed by atoms with van der Waals surface area (Å²) >= 11 is 0. The van der Waals surface area contributed by atoms with Gasteiger partial charge >= 0.3 is 0 Å². The maximum Gasteiger partial charge on any atom is 0.229 e. The summed E-state index contributed by atoms with van der Waals surface area (Å²) in [6, 6.07) is 12.1. The molecule has 2 aromatic rings. The van der Waals surface area contributed by atoms with Crippen molar-refractivity contribution in [3.63, 3.8) is 0 Å². The lowest BCUT2D eigenvalue weighted by Crippen LogP contribution is -2.33. The second-order valence-electron chi connectivity index (χ2n) is 5.85. The third-order valence-corrected chi connectivity index (χ3v) is 3.98. The topological polar surface area (TPSA) is 41.1 Å². The predicted octanol–water partition coefficient (Wildman–Crippen LogP) is 3.76. The first-order valence-electron chi connectivity index (χ1n) is 7.63. The van der Waals surface area contributed by atoms with Gasteiger partial charge in [0, 0.05) is 30.5 Å². The fourth-order valence-corrected chi connectivity index (χ4v) is 2.66. The third-order valence-electron chi connectivity index (χ3n) is 3.98. The van der Waals surface area contributed by atoms with Crippen LogP contribution >= 0.6 is 0 Å². The van der Waals surface area contributed by atoms with Gasteiger partial charge in [0.25, 0.3) is 0 Å². The highest BCUT2D eigenvalue weighted by atomic mass is 15.2. The van der Waals surface area contributed by atoms with Crippen molar-refractivity contribution in [2.24, 2.45) is 5.92 Å². The Bertz CT molecular complexity index is 589. The molecule has 1 fully saturated rings. The van der Waals surface area contributed by atoms with Crippen LogP contribution in [-0.2, 0) is 0 Å². The zero-order valence-corrected chi connectivity index (χ0v) is 12.7. The molecule has 2 heterocycles. The summed E-state index contributed by atoms with van der Waals surface area (Å²) in [5.41, 5.74) is 2.01. The van der Waals surface area contributed by atoms with Crippen molar-refractivity contribution in [1.82, 2.24) is 9.97 Å². The van der Waals surface area contributed by atoms with Gasteiger partial charge < -0.3 is 10.2 Å². The molecule has 1 aliphatic heterocycles. The van der Waals surface area contributed by atoms with E-state index in [-0.39, 0.29) is 0 Å². The molecule has 1 aromatic carbocycles. The molecule has 0 radical (unpaired) electrons. The van der Waals surface area contributed by atoms with Crippen molar-refractivity contribution < 1.29 is 0 Å². The fourth-order valence-electron chi connectivity index (χ4n) is 2.66. The Morgan fingerprint density at radius 2 is 1.81 bits per heavy atom. The second kappa shape index (κ2) is 6.12. The van der Waals surface area contributed by atoms with E-state index in [9.17, 15) is 0 Å². The molecule has 0 amide bonds. The number of piperidine rings is 1. The Kier molecular flexibility index (Phi) is 4.04. The highest BCUT2D eigenvalue weighted by Crippen LogP contribution is 2.23. The number of benzene rings is 1.